The first-order valence-electron chi connectivity index (χ1n) is 6.17. The van der Waals surface area contributed by atoms with Crippen molar-refractivity contribution in [3.8, 4) is 0 Å². The maximum absolute atomic E-state index is 12.0. The van der Waals surface area contributed by atoms with E-state index >= 15 is 0 Å². The Bertz CT molecular complexity index is 829. The highest BCUT2D eigenvalue weighted by molar-refractivity contribution is 8.00. The van der Waals surface area contributed by atoms with Crippen LogP contribution in [0.25, 0.3) is 0 Å². The summed E-state index contributed by atoms with van der Waals surface area (Å²) in [6.07, 6.45) is 1.31. The highest BCUT2D eigenvalue weighted by Crippen LogP contribution is 2.12. The van der Waals surface area contributed by atoms with Crippen molar-refractivity contribution in [1.82, 2.24) is 14.7 Å². The first kappa shape index (κ1) is 16.2. The molecule has 0 bridgehead atoms. The van der Waals surface area contributed by atoms with Crippen LogP contribution < -0.4 is 10.3 Å². The van der Waals surface area contributed by atoms with Crippen molar-refractivity contribution in [3.63, 3.8) is 0 Å². The van der Waals surface area contributed by atoms with Crippen LogP contribution in [0.15, 0.2) is 51.4 Å². The van der Waals surface area contributed by atoms with Crippen molar-refractivity contribution in [2.45, 2.75) is 17.0 Å². The van der Waals surface area contributed by atoms with E-state index in [1.165, 1.54) is 24.4 Å². The Balaban J connectivity index is 1.99. The van der Waals surface area contributed by atoms with Gasteiger partial charge in [0.1, 0.15) is 0 Å². The van der Waals surface area contributed by atoms with Crippen molar-refractivity contribution >= 4 is 27.7 Å². The number of nitrogens with zero attached hydrogens (tertiary/aromatic N) is 1. The zero-order valence-corrected chi connectivity index (χ0v) is 13.2. The molecule has 0 radical (unpaired) electrons. The van der Waals surface area contributed by atoms with E-state index < -0.39 is 15.9 Å². The number of aromatic nitrogens is 2. The van der Waals surface area contributed by atoms with Crippen LogP contribution in [0.3, 0.4) is 0 Å². The van der Waals surface area contributed by atoms with Gasteiger partial charge in [-0.15, -0.1) is 0 Å². The maximum Gasteiger partial charge on any atom is 0.264 e. The fourth-order valence-electron chi connectivity index (χ4n) is 1.51. The molecule has 2 N–H and O–H groups in total. The highest BCUT2D eigenvalue weighted by Gasteiger charge is 2.17. The van der Waals surface area contributed by atoms with Gasteiger partial charge in [0.2, 0.25) is 5.91 Å². The minimum absolute atomic E-state index is 0.0164. The van der Waals surface area contributed by atoms with E-state index in [0.29, 0.717) is 0 Å². The fourth-order valence-corrected chi connectivity index (χ4v) is 3.24. The molecule has 9 heteroatoms. The number of hydrogen-bond donors (Lipinski definition) is 2. The normalized spacial score (nSPS) is 11.1. The second-order valence-corrected chi connectivity index (χ2v) is 7.02. The summed E-state index contributed by atoms with van der Waals surface area (Å²) in [4.78, 5) is 29.1. The number of carbonyl (C=O) groups excluding carboxylic acids is 1. The number of benzene rings is 1. The van der Waals surface area contributed by atoms with Gasteiger partial charge in [-0.1, -0.05) is 29.5 Å². The van der Waals surface area contributed by atoms with Gasteiger partial charge in [-0.25, -0.2) is 18.1 Å². The summed E-state index contributed by atoms with van der Waals surface area (Å²) in [5.74, 6) is -0.880. The molecule has 2 aromatic rings. The number of sulfonamides is 1. The summed E-state index contributed by atoms with van der Waals surface area (Å²) >= 11 is 0.938. The van der Waals surface area contributed by atoms with E-state index in [2.05, 4.69) is 9.97 Å². The Morgan fingerprint density at radius 3 is 2.59 bits per heavy atom. The molecule has 0 aliphatic heterocycles. The molecular weight excluding hydrogens is 326 g/mol. The van der Waals surface area contributed by atoms with Crippen molar-refractivity contribution in [3.05, 3.63) is 52.4 Å². The summed E-state index contributed by atoms with van der Waals surface area (Å²) in [6, 6.07) is 7.38. The number of carbonyl (C=O) groups is 1. The molecule has 7 nitrogen and oxygen atoms in total. The SMILES string of the molecule is Cc1ccc(S(=O)(=O)NC(=O)CSc2nccc(=O)[nH]2)cc1. The molecule has 0 saturated heterocycles. The number of amides is 1. The molecule has 0 fully saturated rings. The topological polar surface area (TPSA) is 109 Å². The molecule has 1 amide bonds. The molecule has 0 aliphatic rings. The molecule has 0 saturated carbocycles. The average Bonchev–Trinajstić information content (AvgIpc) is 2.45. The molecule has 1 heterocycles. The molecule has 0 unspecified atom stereocenters. The van der Waals surface area contributed by atoms with E-state index in [-0.39, 0.29) is 21.4 Å². The molecule has 0 atom stereocenters. The Kier molecular flexibility index (Phi) is 4.99. The van der Waals surface area contributed by atoms with E-state index in [1.807, 2.05) is 11.6 Å². The molecule has 22 heavy (non-hydrogen) atoms. The van der Waals surface area contributed by atoms with Crippen LogP contribution in [0.2, 0.25) is 0 Å². The third-order valence-corrected chi connectivity index (χ3v) is 4.84. The lowest BCUT2D eigenvalue weighted by atomic mass is 10.2. The Labute approximate surface area is 131 Å². The predicted molar refractivity (Wildman–Crippen MR) is 82.1 cm³/mol. The molecule has 0 spiro atoms. The molecule has 1 aromatic carbocycles. The summed E-state index contributed by atoms with van der Waals surface area (Å²) in [5, 5.41) is 0.246. The Morgan fingerprint density at radius 1 is 1.27 bits per heavy atom. The van der Waals surface area contributed by atoms with Crippen molar-refractivity contribution in [1.29, 1.82) is 0 Å². The van der Waals surface area contributed by atoms with Crippen LogP contribution in [-0.2, 0) is 14.8 Å². The van der Waals surface area contributed by atoms with Gasteiger partial charge >= 0.3 is 0 Å². The average molecular weight is 339 g/mol. The summed E-state index contributed by atoms with van der Waals surface area (Å²) in [5.41, 5.74) is 0.574. The molecule has 116 valence electrons. The van der Waals surface area contributed by atoms with E-state index in [1.54, 1.807) is 12.1 Å². The Morgan fingerprint density at radius 2 is 1.95 bits per heavy atom. The standard InChI is InChI=1S/C13H13N3O4S2/c1-9-2-4-10(5-3-9)22(19,20)16-12(18)8-21-13-14-7-6-11(17)15-13/h2-7H,8H2,1H3,(H,16,18)(H,14,15,17). The first-order chi connectivity index (χ1) is 10.4. The smallest absolute Gasteiger partial charge is 0.264 e. The van der Waals surface area contributed by atoms with Crippen LogP contribution in [0.1, 0.15) is 5.56 Å². The van der Waals surface area contributed by atoms with Gasteiger partial charge in [0.15, 0.2) is 5.16 Å². The quantitative estimate of drug-likeness (QED) is 0.612. The number of rotatable bonds is 5. The fraction of sp³-hybridized carbons (Fsp3) is 0.154. The van der Waals surface area contributed by atoms with Crippen LogP contribution >= 0.6 is 11.8 Å². The number of hydrogen-bond acceptors (Lipinski definition) is 6. The van der Waals surface area contributed by atoms with E-state index in [0.717, 1.165) is 17.3 Å². The maximum atomic E-state index is 12.0. The zero-order chi connectivity index (χ0) is 16.2. The van der Waals surface area contributed by atoms with Gasteiger partial charge in [-0.2, -0.15) is 0 Å². The lowest BCUT2D eigenvalue weighted by Crippen LogP contribution is -2.32. The van der Waals surface area contributed by atoms with Gasteiger partial charge < -0.3 is 4.98 Å². The Hall–Kier alpha value is -2.13. The third kappa shape index (κ3) is 4.43. The van der Waals surface area contributed by atoms with E-state index in [9.17, 15) is 18.0 Å². The van der Waals surface area contributed by atoms with Gasteiger partial charge in [-0.3, -0.25) is 9.59 Å². The van der Waals surface area contributed by atoms with Gasteiger partial charge in [0, 0.05) is 12.3 Å². The number of aryl methyl sites for hydroxylation is 1. The van der Waals surface area contributed by atoms with Crippen molar-refractivity contribution < 1.29 is 13.2 Å². The highest BCUT2D eigenvalue weighted by atomic mass is 32.2. The van der Waals surface area contributed by atoms with Crippen molar-refractivity contribution in [2.75, 3.05) is 5.75 Å². The summed E-state index contributed by atoms with van der Waals surface area (Å²) in [7, 11) is -3.89. The lowest BCUT2D eigenvalue weighted by molar-refractivity contribution is -0.116. The summed E-state index contributed by atoms with van der Waals surface area (Å²) in [6.45, 7) is 1.83. The zero-order valence-electron chi connectivity index (χ0n) is 11.6. The number of thioether (sulfide) groups is 1. The van der Waals surface area contributed by atoms with Crippen LogP contribution in [0.4, 0.5) is 0 Å². The van der Waals surface area contributed by atoms with Gasteiger partial charge in [0.05, 0.1) is 10.6 Å². The summed E-state index contributed by atoms with van der Waals surface area (Å²) < 4.78 is 26.0. The van der Waals surface area contributed by atoms with Crippen LogP contribution in [0.5, 0.6) is 0 Å². The second-order valence-electron chi connectivity index (χ2n) is 4.37. The number of nitrogens with one attached hydrogen (secondary N) is 2. The van der Waals surface area contributed by atoms with Gasteiger partial charge in [0.25, 0.3) is 15.6 Å². The van der Waals surface area contributed by atoms with Crippen molar-refractivity contribution in [2.24, 2.45) is 0 Å². The molecule has 2 rings (SSSR count). The number of aromatic amines is 1. The first-order valence-corrected chi connectivity index (χ1v) is 8.64. The molecule has 0 aliphatic carbocycles. The van der Waals surface area contributed by atoms with Crippen LogP contribution in [0, 0.1) is 6.92 Å². The second kappa shape index (κ2) is 6.75. The van der Waals surface area contributed by atoms with E-state index in [4.69, 9.17) is 0 Å². The van der Waals surface area contributed by atoms with Gasteiger partial charge in [-0.05, 0) is 19.1 Å². The van der Waals surface area contributed by atoms with Crippen LogP contribution in [-0.4, -0.2) is 30.0 Å². The third-order valence-electron chi connectivity index (χ3n) is 2.57. The largest absolute Gasteiger partial charge is 0.301 e. The number of H-pyrrole nitrogens is 1. The molecular formula is C13H13N3O4S2. The minimum Gasteiger partial charge on any atom is -0.301 e. The minimum atomic E-state index is -3.89. The lowest BCUT2D eigenvalue weighted by Gasteiger charge is -2.06. The monoisotopic (exact) mass is 339 g/mol. The predicted octanol–water partition coefficient (Wildman–Crippen LogP) is 0.676. The molecule has 1 aromatic heterocycles.